The molecular weight excluding hydrogens is 761 g/mol. The quantitative estimate of drug-likeness (QED) is 0.110. The third-order valence-electron chi connectivity index (χ3n) is 21.0. The highest BCUT2D eigenvalue weighted by molar-refractivity contribution is 5.92. The molecule has 8 aliphatic carbocycles. The minimum absolute atomic E-state index is 0. The fraction of sp³-hybridized carbons (Fsp3) is 0.940. The molecular formula is C50H84O10. The molecule has 8 saturated carbocycles. The maximum absolute atomic E-state index is 11.5. The molecule has 8 fully saturated rings. The Morgan fingerprint density at radius 3 is 1.37 bits per heavy atom. The average molecular weight is 845 g/mol. The Balaban J connectivity index is 0.000000199. The fourth-order valence-corrected chi connectivity index (χ4v) is 17.7. The number of aliphatic carboxylic acids is 3. The van der Waals surface area contributed by atoms with Crippen molar-refractivity contribution in [1.29, 1.82) is 0 Å². The van der Waals surface area contributed by atoms with Crippen LogP contribution in [-0.2, 0) is 14.4 Å². The predicted molar refractivity (Wildman–Crippen MR) is 231 cm³/mol. The van der Waals surface area contributed by atoms with Crippen molar-refractivity contribution in [2.45, 2.75) is 195 Å². The Morgan fingerprint density at radius 2 is 0.967 bits per heavy atom. The van der Waals surface area contributed by atoms with E-state index < -0.39 is 29.9 Å². The maximum Gasteiger partial charge on any atom is 0.317 e. The molecule has 60 heavy (non-hydrogen) atoms. The first-order valence-electron chi connectivity index (χ1n) is 24.1. The van der Waals surface area contributed by atoms with Gasteiger partial charge in [-0.05, 0) is 208 Å². The normalized spacial score (nSPS) is 48.9. The molecule has 20 atom stereocenters. The van der Waals surface area contributed by atoms with Crippen LogP contribution < -0.4 is 0 Å². The van der Waals surface area contributed by atoms with Crippen LogP contribution in [-0.4, -0.2) is 78.1 Å². The number of rotatable bonds is 9. The first-order valence-corrected chi connectivity index (χ1v) is 24.1. The zero-order valence-corrected chi connectivity index (χ0v) is 37.1. The lowest BCUT2D eigenvalue weighted by molar-refractivity contribution is -0.176. The second-order valence-electron chi connectivity index (χ2n) is 23.1. The van der Waals surface area contributed by atoms with Gasteiger partial charge < -0.3 is 35.7 Å². The van der Waals surface area contributed by atoms with Gasteiger partial charge in [0.1, 0.15) is 0 Å². The second-order valence-corrected chi connectivity index (χ2v) is 23.1. The van der Waals surface area contributed by atoms with E-state index in [-0.39, 0.29) is 72.1 Å². The van der Waals surface area contributed by atoms with Crippen molar-refractivity contribution >= 4 is 17.9 Å². The van der Waals surface area contributed by atoms with E-state index in [0.717, 1.165) is 89.9 Å². The van der Waals surface area contributed by atoms with E-state index in [1.165, 1.54) is 19.3 Å². The molecule has 0 radical (unpaired) electrons. The summed E-state index contributed by atoms with van der Waals surface area (Å²) in [6.45, 7) is 13.6. The maximum atomic E-state index is 11.5. The molecule has 0 bridgehead atoms. The van der Waals surface area contributed by atoms with E-state index in [1.54, 1.807) is 0 Å². The number of carboxylic acid groups (broad SMARTS) is 3. The van der Waals surface area contributed by atoms with Gasteiger partial charge >= 0.3 is 17.9 Å². The van der Waals surface area contributed by atoms with E-state index >= 15 is 0 Å². The van der Waals surface area contributed by atoms with E-state index in [0.29, 0.717) is 59.2 Å². The van der Waals surface area contributed by atoms with Gasteiger partial charge in [-0.2, -0.15) is 0 Å². The first-order chi connectivity index (χ1) is 27.7. The molecule has 0 heterocycles. The Kier molecular flexibility index (Phi) is 14.1. The minimum atomic E-state index is -1.38. The summed E-state index contributed by atoms with van der Waals surface area (Å²) >= 11 is 0. The van der Waals surface area contributed by atoms with E-state index in [1.807, 2.05) is 6.92 Å². The average Bonchev–Trinajstić information content (AvgIpc) is 3.73. The molecule has 8 unspecified atom stereocenters. The number of aliphatic hydroxyl groups excluding tert-OH is 4. The molecule has 0 saturated heterocycles. The van der Waals surface area contributed by atoms with Crippen LogP contribution in [0.25, 0.3) is 0 Å². The predicted octanol–water partition coefficient (Wildman–Crippen LogP) is 8.90. The molecule has 0 aromatic rings. The lowest BCUT2D eigenvalue weighted by atomic mass is 9.43. The Hall–Kier alpha value is -1.75. The third kappa shape index (κ3) is 7.92. The van der Waals surface area contributed by atoms with Gasteiger partial charge in [0.05, 0.1) is 24.4 Å². The molecule has 0 aromatic carbocycles. The lowest BCUT2D eigenvalue weighted by Crippen LogP contribution is -2.58. The summed E-state index contributed by atoms with van der Waals surface area (Å²) in [4.78, 5) is 34.0. The summed E-state index contributed by atoms with van der Waals surface area (Å²) in [7, 11) is 0. The van der Waals surface area contributed by atoms with Crippen LogP contribution in [0.3, 0.4) is 0 Å². The van der Waals surface area contributed by atoms with Crippen LogP contribution >= 0.6 is 0 Å². The zero-order chi connectivity index (χ0) is 43.0. The Bertz CT molecular complexity index is 1540. The lowest BCUT2D eigenvalue weighted by Gasteiger charge is -2.62. The topological polar surface area (TPSA) is 193 Å². The van der Waals surface area contributed by atoms with Crippen LogP contribution in [0.2, 0.25) is 0 Å². The monoisotopic (exact) mass is 845 g/mol. The molecule has 344 valence electrons. The number of aliphatic hydroxyl groups is 4. The van der Waals surface area contributed by atoms with Gasteiger partial charge in [0.2, 0.25) is 0 Å². The molecule has 10 nitrogen and oxygen atoms in total. The van der Waals surface area contributed by atoms with Crippen LogP contribution in [0, 0.1) is 98.6 Å². The smallest absolute Gasteiger partial charge is 0.317 e. The summed E-state index contributed by atoms with van der Waals surface area (Å²) in [5.41, 5.74) is 0.124. The summed E-state index contributed by atoms with van der Waals surface area (Å²) in [6, 6.07) is 0. The molecule has 10 heteroatoms. The first kappa shape index (κ1) is 47.7. The molecule has 0 spiro atoms. The molecule has 0 aromatic heterocycles. The van der Waals surface area contributed by atoms with E-state index in [2.05, 4.69) is 34.6 Å². The van der Waals surface area contributed by atoms with Crippen LogP contribution in [0.15, 0.2) is 0 Å². The van der Waals surface area contributed by atoms with Gasteiger partial charge in [0.15, 0.2) is 5.92 Å². The molecule has 7 N–H and O–H groups in total. The summed E-state index contributed by atoms with van der Waals surface area (Å²) in [5.74, 6) is 0.709. The highest BCUT2D eigenvalue weighted by atomic mass is 16.4. The Morgan fingerprint density at radius 1 is 0.550 bits per heavy atom. The number of carboxylic acids is 3. The van der Waals surface area contributed by atoms with Crippen LogP contribution in [0.4, 0.5) is 0 Å². The van der Waals surface area contributed by atoms with Crippen LogP contribution in [0.5, 0.6) is 0 Å². The van der Waals surface area contributed by atoms with Crippen molar-refractivity contribution < 1.29 is 50.1 Å². The zero-order valence-electron chi connectivity index (χ0n) is 37.1. The minimum Gasteiger partial charge on any atom is -0.481 e. The molecule has 0 aliphatic heterocycles. The van der Waals surface area contributed by atoms with Crippen molar-refractivity contribution in [3.63, 3.8) is 0 Å². The Labute approximate surface area is 361 Å². The SMILES string of the molecule is C.CC(CC(C(=O)O)C(=O)O)[C@H]1CCC2C3CC[C@@H]4C[C@H](O)CC[C@]4(C)C3C[C@H](O)[C@@]21C.CC(CCC(=O)O)[C@H]1CCC2C3CC[C@@H]4C[C@H](O)CC[C@]4(C)C3C[C@H](O)[C@@]21C. The number of hydrogen-bond donors (Lipinski definition) is 7. The van der Waals surface area contributed by atoms with Crippen LogP contribution in [0.1, 0.15) is 171 Å². The van der Waals surface area contributed by atoms with Gasteiger partial charge in [0, 0.05) is 6.42 Å². The number of fused-ring (bicyclic) bond motifs is 10. The third-order valence-corrected chi connectivity index (χ3v) is 21.0. The molecule has 8 aliphatic rings. The summed E-state index contributed by atoms with van der Waals surface area (Å²) in [5, 5.41) is 71.2. The summed E-state index contributed by atoms with van der Waals surface area (Å²) < 4.78 is 0. The van der Waals surface area contributed by atoms with Gasteiger partial charge in [-0.1, -0.05) is 49.0 Å². The fourth-order valence-electron chi connectivity index (χ4n) is 17.7. The second kappa shape index (κ2) is 17.7. The molecule has 0 amide bonds. The van der Waals surface area contributed by atoms with Crippen molar-refractivity contribution in [3.05, 3.63) is 0 Å². The highest BCUT2D eigenvalue weighted by Gasteiger charge is 2.65. The van der Waals surface area contributed by atoms with Gasteiger partial charge in [-0.15, -0.1) is 0 Å². The van der Waals surface area contributed by atoms with Crippen molar-refractivity contribution in [1.82, 2.24) is 0 Å². The number of hydrogen-bond acceptors (Lipinski definition) is 7. The largest absolute Gasteiger partial charge is 0.481 e. The van der Waals surface area contributed by atoms with Gasteiger partial charge in [0.25, 0.3) is 0 Å². The van der Waals surface area contributed by atoms with E-state index in [9.17, 15) is 45.0 Å². The van der Waals surface area contributed by atoms with Crippen molar-refractivity contribution in [2.24, 2.45) is 98.6 Å². The summed E-state index contributed by atoms with van der Waals surface area (Å²) in [6.07, 6.45) is 16.6. The van der Waals surface area contributed by atoms with Crippen molar-refractivity contribution in [3.8, 4) is 0 Å². The van der Waals surface area contributed by atoms with Crippen molar-refractivity contribution in [2.75, 3.05) is 0 Å². The highest BCUT2D eigenvalue weighted by Crippen LogP contribution is 2.70. The van der Waals surface area contributed by atoms with Gasteiger partial charge in [-0.25, -0.2) is 0 Å². The van der Waals surface area contributed by atoms with Gasteiger partial charge in [-0.3, -0.25) is 14.4 Å². The standard InChI is InChI=1S/C25H40O6.C24H40O4.CH4/c1-13(10-17(22(28)29)23(30)31)18-6-7-19-16-5-4-14-11-15(26)8-9-24(14,2)20(16)12-21(27)25(18,19)3;1-14(4-9-22(27)28)18-7-8-19-17-6-5-15-12-16(25)10-11-23(15,2)20(17)13-21(26)24(18,19)3;/h13-21,26-27H,4-12H2,1-3H3,(H,28,29)(H,30,31);14-21,25-26H,4-13H2,1-3H3,(H,27,28);1H4/t13?,14-,15-,16?,18-,19?,20?,21+,24+,25-;14?,15-,16-,17?,18-,19?,20?,21+,23+,24-;/m11./s1. The molecule has 8 rings (SSSR count). The van der Waals surface area contributed by atoms with E-state index in [4.69, 9.17) is 5.11 Å². The number of carbonyl (C=O) groups is 3.